The van der Waals surface area contributed by atoms with Gasteiger partial charge in [-0.2, -0.15) is 18.4 Å². The summed E-state index contributed by atoms with van der Waals surface area (Å²) in [6.45, 7) is 2.29. The summed E-state index contributed by atoms with van der Waals surface area (Å²) in [6, 6.07) is 5.11. The molecule has 1 aromatic carbocycles. The highest BCUT2D eigenvalue weighted by molar-refractivity contribution is 5.39. The molecule has 0 saturated carbocycles. The van der Waals surface area contributed by atoms with Crippen LogP contribution in [-0.2, 0) is 22.3 Å². The number of halogens is 3. The maximum atomic E-state index is 13.3. The smallest absolute Gasteiger partial charge is 0.394 e. The average Bonchev–Trinajstić information content (AvgIpc) is 2.89. The van der Waals surface area contributed by atoms with Gasteiger partial charge in [-0.3, -0.25) is 0 Å². The van der Waals surface area contributed by atoms with E-state index in [1.807, 2.05) is 0 Å². The first-order valence-corrected chi connectivity index (χ1v) is 14.3. The van der Waals surface area contributed by atoms with Crippen LogP contribution in [0.4, 0.5) is 13.2 Å². The van der Waals surface area contributed by atoms with Crippen molar-refractivity contribution in [2.24, 2.45) is 0 Å². The molecule has 0 bridgehead atoms. The SMILES string of the molecule is CCCCCCCCCCCCCCCCCCOC[C@H](CO)OCc1ccc(C#N)cc1C(F)(F)F. The summed E-state index contributed by atoms with van der Waals surface area (Å²) in [4.78, 5) is 0. The zero-order valence-electron chi connectivity index (χ0n) is 22.8. The lowest BCUT2D eigenvalue weighted by atomic mass is 10.0. The summed E-state index contributed by atoms with van der Waals surface area (Å²) < 4.78 is 50.8. The summed E-state index contributed by atoms with van der Waals surface area (Å²) in [5.41, 5.74) is -1.02. The first-order chi connectivity index (χ1) is 17.9. The lowest BCUT2D eigenvalue weighted by Gasteiger charge is -2.18. The molecule has 7 heteroatoms. The van der Waals surface area contributed by atoms with Crippen molar-refractivity contribution in [1.29, 1.82) is 5.26 Å². The van der Waals surface area contributed by atoms with Gasteiger partial charge in [0.2, 0.25) is 0 Å². The van der Waals surface area contributed by atoms with Crippen molar-refractivity contribution >= 4 is 0 Å². The van der Waals surface area contributed by atoms with Crippen LogP contribution >= 0.6 is 0 Å². The molecule has 0 unspecified atom stereocenters. The number of aliphatic hydroxyl groups excluding tert-OH is 1. The Morgan fingerprint density at radius 1 is 0.838 bits per heavy atom. The number of ether oxygens (including phenoxy) is 2. The van der Waals surface area contributed by atoms with Crippen molar-refractivity contribution in [1.82, 2.24) is 0 Å². The first-order valence-electron chi connectivity index (χ1n) is 14.3. The second kappa shape index (κ2) is 21.3. The van der Waals surface area contributed by atoms with Gasteiger partial charge in [0, 0.05) is 6.61 Å². The van der Waals surface area contributed by atoms with E-state index >= 15 is 0 Å². The van der Waals surface area contributed by atoms with Crippen LogP contribution in [0.15, 0.2) is 18.2 Å². The molecule has 0 amide bonds. The molecule has 0 aliphatic rings. The van der Waals surface area contributed by atoms with Gasteiger partial charge in [0.05, 0.1) is 37.0 Å². The largest absolute Gasteiger partial charge is 0.416 e. The van der Waals surface area contributed by atoms with Crippen LogP contribution in [0.25, 0.3) is 0 Å². The summed E-state index contributed by atoms with van der Waals surface area (Å²) in [5, 5.41) is 18.3. The van der Waals surface area contributed by atoms with E-state index in [9.17, 15) is 18.3 Å². The summed E-state index contributed by atoms with van der Waals surface area (Å²) in [6.07, 6.45) is 15.5. The third kappa shape index (κ3) is 16.8. The maximum absolute atomic E-state index is 13.3. The summed E-state index contributed by atoms with van der Waals surface area (Å²) in [7, 11) is 0. The molecular formula is C30H48F3NO3. The molecule has 1 aromatic rings. The molecule has 0 saturated heterocycles. The molecule has 0 spiro atoms. The number of nitrogens with zero attached hydrogens (tertiary/aromatic N) is 1. The number of nitriles is 1. The van der Waals surface area contributed by atoms with E-state index in [2.05, 4.69) is 6.92 Å². The minimum Gasteiger partial charge on any atom is -0.394 e. The van der Waals surface area contributed by atoms with E-state index in [0.717, 1.165) is 18.9 Å². The Morgan fingerprint density at radius 2 is 1.35 bits per heavy atom. The molecule has 0 aromatic heterocycles. The van der Waals surface area contributed by atoms with Gasteiger partial charge in [0.1, 0.15) is 6.10 Å². The predicted octanol–water partition coefficient (Wildman–Crippen LogP) is 8.73. The molecule has 0 aliphatic carbocycles. The van der Waals surface area contributed by atoms with Crippen LogP contribution in [-0.4, -0.2) is 31.0 Å². The van der Waals surface area contributed by atoms with E-state index in [-0.39, 0.29) is 30.9 Å². The van der Waals surface area contributed by atoms with Crippen LogP contribution in [0.2, 0.25) is 0 Å². The number of benzene rings is 1. The Labute approximate surface area is 222 Å². The van der Waals surface area contributed by atoms with Gasteiger partial charge in [0.25, 0.3) is 0 Å². The highest BCUT2D eigenvalue weighted by Gasteiger charge is 2.33. The van der Waals surface area contributed by atoms with Gasteiger partial charge in [-0.15, -0.1) is 0 Å². The highest BCUT2D eigenvalue weighted by Crippen LogP contribution is 2.33. The Bertz CT molecular complexity index is 734. The molecule has 0 heterocycles. The average molecular weight is 528 g/mol. The first kappa shape index (κ1) is 33.4. The van der Waals surface area contributed by atoms with Crippen molar-refractivity contribution in [3.8, 4) is 6.07 Å². The van der Waals surface area contributed by atoms with Crippen molar-refractivity contribution in [3.05, 3.63) is 34.9 Å². The van der Waals surface area contributed by atoms with Crippen molar-refractivity contribution in [2.75, 3.05) is 19.8 Å². The van der Waals surface area contributed by atoms with Crippen molar-refractivity contribution < 1.29 is 27.8 Å². The Hall–Kier alpha value is -1.62. The minimum absolute atomic E-state index is 0.0584. The molecule has 1 rings (SSSR count). The van der Waals surface area contributed by atoms with Crippen LogP contribution in [0.3, 0.4) is 0 Å². The highest BCUT2D eigenvalue weighted by atomic mass is 19.4. The predicted molar refractivity (Wildman–Crippen MR) is 142 cm³/mol. The topological polar surface area (TPSA) is 62.5 Å². The Kier molecular flexibility index (Phi) is 19.3. The zero-order valence-corrected chi connectivity index (χ0v) is 22.8. The molecule has 1 N–H and O–H groups in total. The maximum Gasteiger partial charge on any atom is 0.416 e. The number of hydrogen-bond acceptors (Lipinski definition) is 4. The van der Waals surface area contributed by atoms with Crippen molar-refractivity contribution in [2.45, 2.75) is 129 Å². The standard InChI is InChI=1S/C30H48F3NO3/c1-2-3-4-5-6-7-8-9-10-11-12-13-14-15-16-17-20-36-25-28(23-35)37-24-27-19-18-26(22-34)21-29(27)30(31,32)33/h18-19,21,28,35H,2-17,20,23-25H2,1H3/t28-/m0/s1. The number of hydrogen-bond donors (Lipinski definition) is 1. The lowest BCUT2D eigenvalue weighted by Crippen LogP contribution is -2.25. The van der Waals surface area contributed by atoms with E-state index in [1.54, 1.807) is 6.07 Å². The molecule has 4 nitrogen and oxygen atoms in total. The van der Waals surface area contributed by atoms with Crippen LogP contribution in [0.5, 0.6) is 0 Å². The number of unbranched alkanes of at least 4 members (excludes halogenated alkanes) is 15. The second-order valence-corrected chi connectivity index (χ2v) is 9.98. The van der Waals surface area contributed by atoms with Crippen LogP contribution in [0, 0.1) is 11.3 Å². The third-order valence-corrected chi connectivity index (χ3v) is 6.67. The van der Waals surface area contributed by atoms with Gasteiger partial charge in [-0.25, -0.2) is 0 Å². The summed E-state index contributed by atoms with van der Waals surface area (Å²) >= 11 is 0. The van der Waals surface area contributed by atoms with E-state index in [4.69, 9.17) is 14.7 Å². The van der Waals surface area contributed by atoms with Crippen molar-refractivity contribution in [3.63, 3.8) is 0 Å². The van der Waals surface area contributed by atoms with E-state index < -0.39 is 17.8 Å². The van der Waals surface area contributed by atoms with E-state index in [1.165, 1.54) is 102 Å². The van der Waals surface area contributed by atoms with Gasteiger partial charge in [-0.1, -0.05) is 109 Å². The third-order valence-electron chi connectivity index (χ3n) is 6.67. The summed E-state index contributed by atoms with van der Waals surface area (Å²) in [5.74, 6) is 0. The van der Waals surface area contributed by atoms with Crippen LogP contribution < -0.4 is 0 Å². The second-order valence-electron chi connectivity index (χ2n) is 9.98. The number of rotatable bonds is 23. The molecule has 0 aliphatic heterocycles. The lowest BCUT2D eigenvalue weighted by molar-refractivity contribution is -0.139. The van der Waals surface area contributed by atoms with Crippen LogP contribution in [0.1, 0.15) is 126 Å². The number of alkyl halides is 3. The normalized spacial score (nSPS) is 12.5. The van der Waals surface area contributed by atoms with Gasteiger partial charge >= 0.3 is 6.18 Å². The minimum atomic E-state index is -4.58. The quantitative estimate of drug-likeness (QED) is 0.145. The van der Waals surface area contributed by atoms with Gasteiger partial charge in [0.15, 0.2) is 0 Å². The Morgan fingerprint density at radius 3 is 1.81 bits per heavy atom. The molecule has 37 heavy (non-hydrogen) atoms. The molecular weight excluding hydrogens is 479 g/mol. The molecule has 1 atom stereocenters. The van der Waals surface area contributed by atoms with Gasteiger partial charge in [-0.05, 0) is 24.1 Å². The molecule has 0 radical (unpaired) electrons. The number of aliphatic hydroxyl groups is 1. The molecule has 212 valence electrons. The van der Waals surface area contributed by atoms with Gasteiger partial charge < -0.3 is 14.6 Å². The fourth-order valence-electron chi connectivity index (χ4n) is 4.36. The molecule has 0 fully saturated rings. The Balaban J connectivity index is 2.02. The van der Waals surface area contributed by atoms with E-state index in [0.29, 0.717) is 6.61 Å². The monoisotopic (exact) mass is 527 g/mol. The fourth-order valence-corrected chi connectivity index (χ4v) is 4.36. The fraction of sp³-hybridized carbons (Fsp3) is 0.767. The zero-order chi connectivity index (χ0) is 27.2.